The van der Waals surface area contributed by atoms with Crippen molar-refractivity contribution in [3.05, 3.63) is 78.4 Å². The maximum absolute atomic E-state index is 12.6. The molecular formula is C22H21NO3. The molecule has 0 aromatic heterocycles. The van der Waals surface area contributed by atoms with Gasteiger partial charge in [0.25, 0.3) is 5.91 Å². The monoisotopic (exact) mass is 347 g/mol. The Labute approximate surface area is 153 Å². The zero-order valence-corrected chi connectivity index (χ0v) is 14.5. The Bertz CT molecular complexity index is 889. The highest BCUT2D eigenvalue weighted by atomic mass is 16.5. The van der Waals surface area contributed by atoms with E-state index in [4.69, 9.17) is 9.47 Å². The van der Waals surface area contributed by atoms with Gasteiger partial charge in [-0.3, -0.25) is 4.79 Å². The number of amides is 1. The molecule has 0 bridgehead atoms. The van der Waals surface area contributed by atoms with Gasteiger partial charge in [-0.05, 0) is 23.6 Å². The second kappa shape index (κ2) is 7.58. The molecule has 1 fully saturated rings. The van der Waals surface area contributed by atoms with Gasteiger partial charge >= 0.3 is 0 Å². The van der Waals surface area contributed by atoms with Gasteiger partial charge in [-0.1, -0.05) is 54.6 Å². The van der Waals surface area contributed by atoms with E-state index in [2.05, 4.69) is 18.2 Å². The Kier molecular flexibility index (Phi) is 4.84. The molecule has 1 aliphatic heterocycles. The lowest BCUT2D eigenvalue weighted by molar-refractivity contribution is -0.0399. The highest BCUT2D eigenvalue weighted by Crippen LogP contribution is 2.25. The molecule has 0 spiro atoms. The number of benzene rings is 3. The first-order valence-corrected chi connectivity index (χ1v) is 8.88. The molecule has 4 heteroatoms. The molecule has 1 unspecified atom stereocenters. The fourth-order valence-electron chi connectivity index (χ4n) is 3.27. The van der Waals surface area contributed by atoms with Gasteiger partial charge in [0.15, 0.2) is 0 Å². The highest BCUT2D eigenvalue weighted by Gasteiger charge is 2.25. The van der Waals surface area contributed by atoms with Crippen LogP contribution in [0, 0.1) is 0 Å². The molecule has 132 valence electrons. The highest BCUT2D eigenvalue weighted by molar-refractivity contribution is 5.94. The number of carbonyl (C=O) groups is 1. The first kappa shape index (κ1) is 16.6. The van der Waals surface area contributed by atoms with Crippen molar-refractivity contribution in [1.29, 1.82) is 0 Å². The number of ether oxygens (including phenoxy) is 2. The second-order valence-corrected chi connectivity index (χ2v) is 6.40. The molecule has 1 atom stereocenters. The van der Waals surface area contributed by atoms with Gasteiger partial charge in [-0.15, -0.1) is 0 Å². The molecule has 1 amide bonds. The van der Waals surface area contributed by atoms with Gasteiger partial charge < -0.3 is 14.4 Å². The maximum atomic E-state index is 12.6. The number of rotatable bonds is 4. The van der Waals surface area contributed by atoms with E-state index in [1.165, 1.54) is 0 Å². The maximum Gasteiger partial charge on any atom is 0.254 e. The minimum Gasteiger partial charge on any atom is -0.490 e. The van der Waals surface area contributed by atoms with Crippen molar-refractivity contribution in [1.82, 2.24) is 4.90 Å². The standard InChI is InChI=1S/C22H21NO3/c24-22(18-8-2-1-3-9-18)23-13-14-25-19(15-23)16-26-21-12-6-10-17-7-4-5-11-20(17)21/h1-12,19H,13-16H2. The van der Waals surface area contributed by atoms with Crippen LogP contribution in [0.25, 0.3) is 10.8 Å². The molecule has 1 saturated heterocycles. The normalized spacial score (nSPS) is 17.2. The van der Waals surface area contributed by atoms with E-state index in [-0.39, 0.29) is 12.0 Å². The van der Waals surface area contributed by atoms with Crippen molar-refractivity contribution in [2.24, 2.45) is 0 Å². The van der Waals surface area contributed by atoms with E-state index in [0.29, 0.717) is 31.9 Å². The molecule has 0 radical (unpaired) electrons. The molecule has 0 N–H and O–H groups in total. The number of carbonyl (C=O) groups excluding carboxylic acids is 1. The number of fused-ring (bicyclic) bond motifs is 1. The zero-order valence-electron chi connectivity index (χ0n) is 14.5. The number of morpholine rings is 1. The third-order valence-corrected chi connectivity index (χ3v) is 4.62. The number of nitrogens with zero attached hydrogens (tertiary/aromatic N) is 1. The third kappa shape index (κ3) is 3.55. The molecule has 1 aliphatic rings. The summed E-state index contributed by atoms with van der Waals surface area (Å²) in [6.45, 7) is 2.10. The Morgan fingerprint density at radius 3 is 2.65 bits per heavy atom. The third-order valence-electron chi connectivity index (χ3n) is 4.62. The Morgan fingerprint density at radius 2 is 1.77 bits per heavy atom. The van der Waals surface area contributed by atoms with Crippen molar-refractivity contribution in [2.75, 3.05) is 26.3 Å². The smallest absolute Gasteiger partial charge is 0.254 e. The van der Waals surface area contributed by atoms with Crippen LogP contribution in [0.5, 0.6) is 5.75 Å². The first-order chi connectivity index (χ1) is 12.8. The summed E-state index contributed by atoms with van der Waals surface area (Å²) in [6, 6.07) is 23.6. The molecule has 4 rings (SSSR count). The van der Waals surface area contributed by atoms with Gasteiger partial charge in [0.2, 0.25) is 0 Å². The van der Waals surface area contributed by atoms with Crippen LogP contribution in [0.3, 0.4) is 0 Å². The average molecular weight is 347 g/mol. The summed E-state index contributed by atoms with van der Waals surface area (Å²) in [5.41, 5.74) is 0.711. The van der Waals surface area contributed by atoms with Crippen LogP contribution in [0.2, 0.25) is 0 Å². The van der Waals surface area contributed by atoms with Crippen molar-refractivity contribution in [3.8, 4) is 5.75 Å². The van der Waals surface area contributed by atoms with Crippen LogP contribution in [0.4, 0.5) is 0 Å². The first-order valence-electron chi connectivity index (χ1n) is 8.88. The Hall–Kier alpha value is -2.85. The average Bonchev–Trinajstić information content (AvgIpc) is 2.72. The summed E-state index contributed by atoms with van der Waals surface area (Å²) >= 11 is 0. The van der Waals surface area contributed by atoms with Crippen LogP contribution in [0.1, 0.15) is 10.4 Å². The van der Waals surface area contributed by atoms with E-state index in [1.807, 2.05) is 59.5 Å². The van der Waals surface area contributed by atoms with E-state index >= 15 is 0 Å². The molecule has 0 aliphatic carbocycles. The van der Waals surface area contributed by atoms with Crippen LogP contribution >= 0.6 is 0 Å². The Morgan fingerprint density at radius 1 is 1.00 bits per heavy atom. The quantitative estimate of drug-likeness (QED) is 0.721. The summed E-state index contributed by atoms with van der Waals surface area (Å²) in [4.78, 5) is 14.5. The Balaban J connectivity index is 1.41. The summed E-state index contributed by atoms with van der Waals surface area (Å²) in [5.74, 6) is 0.891. The topological polar surface area (TPSA) is 38.8 Å². The minimum atomic E-state index is -0.129. The van der Waals surface area contributed by atoms with Crippen LogP contribution in [-0.2, 0) is 4.74 Å². The van der Waals surface area contributed by atoms with E-state index in [9.17, 15) is 4.79 Å². The molecular weight excluding hydrogens is 326 g/mol. The van der Waals surface area contributed by atoms with Gasteiger partial charge in [-0.25, -0.2) is 0 Å². The minimum absolute atomic E-state index is 0.0454. The number of hydrogen-bond acceptors (Lipinski definition) is 3. The largest absolute Gasteiger partial charge is 0.490 e. The lowest BCUT2D eigenvalue weighted by atomic mass is 10.1. The van der Waals surface area contributed by atoms with Crippen molar-refractivity contribution >= 4 is 16.7 Å². The van der Waals surface area contributed by atoms with Crippen LogP contribution in [-0.4, -0.2) is 43.2 Å². The van der Waals surface area contributed by atoms with Crippen LogP contribution in [0.15, 0.2) is 72.8 Å². The van der Waals surface area contributed by atoms with Gasteiger partial charge in [-0.2, -0.15) is 0 Å². The molecule has 26 heavy (non-hydrogen) atoms. The fraction of sp³-hybridized carbons (Fsp3) is 0.227. The van der Waals surface area contributed by atoms with E-state index in [0.717, 1.165) is 16.5 Å². The van der Waals surface area contributed by atoms with E-state index < -0.39 is 0 Å². The van der Waals surface area contributed by atoms with Crippen molar-refractivity contribution in [3.63, 3.8) is 0 Å². The van der Waals surface area contributed by atoms with Crippen molar-refractivity contribution in [2.45, 2.75) is 6.10 Å². The second-order valence-electron chi connectivity index (χ2n) is 6.40. The lowest BCUT2D eigenvalue weighted by Gasteiger charge is -2.33. The number of hydrogen-bond donors (Lipinski definition) is 0. The van der Waals surface area contributed by atoms with Gasteiger partial charge in [0.05, 0.1) is 13.2 Å². The summed E-state index contributed by atoms with van der Waals surface area (Å²) < 4.78 is 11.8. The molecule has 3 aromatic rings. The molecule has 3 aromatic carbocycles. The van der Waals surface area contributed by atoms with Gasteiger partial charge in [0.1, 0.15) is 18.5 Å². The SMILES string of the molecule is O=C(c1ccccc1)N1CCOC(COc2cccc3ccccc23)C1. The summed E-state index contributed by atoms with van der Waals surface area (Å²) in [6.07, 6.45) is -0.129. The predicted molar refractivity (Wildman–Crippen MR) is 102 cm³/mol. The predicted octanol–water partition coefficient (Wildman–Crippen LogP) is 3.76. The molecule has 0 saturated carbocycles. The van der Waals surface area contributed by atoms with Gasteiger partial charge in [0, 0.05) is 17.5 Å². The molecule has 4 nitrogen and oxygen atoms in total. The summed E-state index contributed by atoms with van der Waals surface area (Å²) in [7, 11) is 0. The van der Waals surface area contributed by atoms with E-state index in [1.54, 1.807) is 0 Å². The molecule has 1 heterocycles. The van der Waals surface area contributed by atoms with Crippen molar-refractivity contribution < 1.29 is 14.3 Å². The summed E-state index contributed by atoms with van der Waals surface area (Å²) in [5, 5.41) is 2.23. The fourth-order valence-corrected chi connectivity index (χ4v) is 3.27. The van der Waals surface area contributed by atoms with Crippen LogP contribution < -0.4 is 4.74 Å². The lowest BCUT2D eigenvalue weighted by Crippen LogP contribution is -2.47. The zero-order chi connectivity index (χ0) is 17.8.